The fourth-order valence-corrected chi connectivity index (χ4v) is 2.28. The molecule has 0 spiro atoms. The van der Waals surface area contributed by atoms with E-state index in [0.29, 0.717) is 5.02 Å². The molecule has 0 aliphatic rings. The maximum absolute atomic E-state index is 11.6. The molecule has 0 amide bonds. The maximum Gasteiger partial charge on any atom is 0.196 e. The van der Waals surface area contributed by atoms with Gasteiger partial charge in [-0.2, -0.15) is 0 Å². The summed E-state index contributed by atoms with van der Waals surface area (Å²) in [6, 6.07) is 5.76. The molecule has 1 aromatic carbocycles. The average molecular weight is 236 g/mol. The van der Waals surface area contributed by atoms with Crippen LogP contribution in [0.15, 0.2) is 29.2 Å². The molecule has 0 aliphatic carbocycles. The van der Waals surface area contributed by atoms with Crippen LogP contribution in [-0.4, -0.2) is 25.5 Å². The normalized spacial score (nSPS) is 13.9. The molecule has 0 heterocycles. The molecule has 1 atom stereocenters. The number of hydrogen-bond donors (Lipinski definition) is 2. The number of nitrogens with two attached hydrogens (primary N) is 1. The number of aliphatic hydroxyl groups excluding tert-OH is 1. The zero-order chi connectivity index (χ0) is 10.8. The summed E-state index contributed by atoms with van der Waals surface area (Å²) in [5.41, 5.74) is 5.25. The molecule has 0 aromatic heterocycles. The van der Waals surface area contributed by atoms with Gasteiger partial charge in [0, 0.05) is 5.02 Å². The highest BCUT2D eigenvalue weighted by molar-refractivity contribution is 7.92. The first kappa shape index (κ1) is 11.5. The van der Waals surface area contributed by atoms with E-state index in [-0.39, 0.29) is 4.90 Å². The van der Waals surface area contributed by atoms with E-state index in [1.54, 1.807) is 6.07 Å². The standard InChI is InChI=1S/C8H10ClNO3S/c9-6-2-1-3-7(4-6)14(12,13)8(10)5-11/h1-4,8,11H,5,10H2. The van der Waals surface area contributed by atoms with Gasteiger partial charge in [-0.15, -0.1) is 0 Å². The molecular formula is C8H10ClNO3S. The smallest absolute Gasteiger partial charge is 0.196 e. The van der Waals surface area contributed by atoms with Crippen molar-refractivity contribution in [2.24, 2.45) is 5.73 Å². The van der Waals surface area contributed by atoms with Gasteiger partial charge in [-0.05, 0) is 18.2 Å². The Hall–Kier alpha value is -0.620. The minimum absolute atomic E-state index is 0.0200. The molecule has 0 aliphatic heterocycles. The Morgan fingerprint density at radius 1 is 1.50 bits per heavy atom. The molecule has 1 aromatic rings. The van der Waals surface area contributed by atoms with Crippen LogP contribution < -0.4 is 5.73 Å². The van der Waals surface area contributed by atoms with Crippen LogP contribution in [0.3, 0.4) is 0 Å². The van der Waals surface area contributed by atoms with Gasteiger partial charge < -0.3 is 10.8 Å². The first-order valence-corrected chi connectivity index (χ1v) is 5.77. The van der Waals surface area contributed by atoms with Gasteiger partial charge in [-0.3, -0.25) is 0 Å². The second-order valence-electron chi connectivity index (χ2n) is 2.72. The van der Waals surface area contributed by atoms with Gasteiger partial charge in [0.1, 0.15) is 5.37 Å². The zero-order valence-corrected chi connectivity index (χ0v) is 8.79. The Bertz CT molecular complexity index is 418. The molecule has 78 valence electrons. The Balaban J connectivity index is 3.17. The molecular weight excluding hydrogens is 226 g/mol. The predicted octanol–water partition coefficient (Wildman–Crippen LogP) is 0.391. The lowest BCUT2D eigenvalue weighted by Crippen LogP contribution is -2.34. The average Bonchev–Trinajstić information content (AvgIpc) is 2.16. The van der Waals surface area contributed by atoms with E-state index in [9.17, 15) is 8.42 Å². The minimum atomic E-state index is -3.67. The van der Waals surface area contributed by atoms with Crippen LogP contribution >= 0.6 is 11.6 Å². The van der Waals surface area contributed by atoms with Crippen LogP contribution in [0.1, 0.15) is 0 Å². The summed E-state index contributed by atoms with van der Waals surface area (Å²) in [5.74, 6) is 0. The summed E-state index contributed by atoms with van der Waals surface area (Å²) in [6.45, 7) is -0.616. The van der Waals surface area contributed by atoms with Crippen molar-refractivity contribution < 1.29 is 13.5 Å². The molecule has 0 bridgehead atoms. The molecule has 14 heavy (non-hydrogen) atoms. The number of sulfone groups is 1. The first-order chi connectivity index (χ1) is 6.48. The Morgan fingerprint density at radius 3 is 2.64 bits per heavy atom. The van der Waals surface area contributed by atoms with Crippen molar-refractivity contribution in [1.82, 2.24) is 0 Å². The van der Waals surface area contributed by atoms with Crippen LogP contribution in [0, 0.1) is 0 Å². The van der Waals surface area contributed by atoms with Gasteiger partial charge in [-0.25, -0.2) is 8.42 Å². The lowest BCUT2D eigenvalue weighted by atomic mass is 10.4. The Kier molecular flexibility index (Phi) is 3.49. The molecule has 0 saturated carbocycles. The highest BCUT2D eigenvalue weighted by atomic mass is 35.5. The molecule has 6 heteroatoms. The summed E-state index contributed by atoms with van der Waals surface area (Å²) >= 11 is 5.63. The zero-order valence-electron chi connectivity index (χ0n) is 7.22. The van der Waals surface area contributed by atoms with E-state index in [4.69, 9.17) is 22.4 Å². The minimum Gasteiger partial charge on any atom is -0.394 e. The summed E-state index contributed by atoms with van der Waals surface area (Å²) in [7, 11) is -3.67. The number of rotatable bonds is 3. The molecule has 3 N–H and O–H groups in total. The summed E-state index contributed by atoms with van der Waals surface area (Å²) < 4.78 is 23.1. The van der Waals surface area contributed by atoms with Gasteiger partial charge in [-0.1, -0.05) is 17.7 Å². The molecule has 4 nitrogen and oxygen atoms in total. The number of hydrogen-bond acceptors (Lipinski definition) is 4. The van der Waals surface area contributed by atoms with Crippen LogP contribution in [0.25, 0.3) is 0 Å². The molecule has 0 fully saturated rings. The third-order valence-corrected chi connectivity index (χ3v) is 3.80. The lowest BCUT2D eigenvalue weighted by Gasteiger charge is -2.09. The van der Waals surface area contributed by atoms with Crippen LogP contribution in [0.4, 0.5) is 0 Å². The van der Waals surface area contributed by atoms with E-state index >= 15 is 0 Å². The topological polar surface area (TPSA) is 80.4 Å². The molecule has 1 rings (SSSR count). The van der Waals surface area contributed by atoms with E-state index in [1.807, 2.05) is 0 Å². The molecule has 0 saturated heterocycles. The number of benzene rings is 1. The highest BCUT2D eigenvalue weighted by Crippen LogP contribution is 2.17. The fraction of sp³-hybridized carbons (Fsp3) is 0.250. The van der Waals surface area contributed by atoms with E-state index in [2.05, 4.69) is 0 Å². The fourth-order valence-electron chi connectivity index (χ4n) is 0.917. The van der Waals surface area contributed by atoms with Gasteiger partial charge in [0.2, 0.25) is 0 Å². The second-order valence-corrected chi connectivity index (χ2v) is 5.33. The SMILES string of the molecule is NC(CO)S(=O)(=O)c1cccc(Cl)c1. The highest BCUT2D eigenvalue weighted by Gasteiger charge is 2.22. The van der Waals surface area contributed by atoms with Crippen molar-refractivity contribution in [1.29, 1.82) is 0 Å². The van der Waals surface area contributed by atoms with Gasteiger partial charge in [0.05, 0.1) is 11.5 Å². The number of halogens is 1. The van der Waals surface area contributed by atoms with E-state index < -0.39 is 21.8 Å². The first-order valence-electron chi connectivity index (χ1n) is 3.84. The van der Waals surface area contributed by atoms with Crippen molar-refractivity contribution in [2.45, 2.75) is 10.3 Å². The Morgan fingerprint density at radius 2 is 2.14 bits per heavy atom. The second kappa shape index (κ2) is 4.27. The summed E-state index contributed by atoms with van der Waals surface area (Å²) in [5, 5.41) is 7.68. The van der Waals surface area contributed by atoms with Crippen molar-refractivity contribution in [3.8, 4) is 0 Å². The van der Waals surface area contributed by atoms with E-state index in [0.717, 1.165) is 0 Å². The van der Waals surface area contributed by atoms with Crippen LogP contribution in [0.5, 0.6) is 0 Å². The van der Waals surface area contributed by atoms with Crippen molar-refractivity contribution in [2.75, 3.05) is 6.61 Å². The van der Waals surface area contributed by atoms with Crippen LogP contribution in [-0.2, 0) is 9.84 Å². The van der Waals surface area contributed by atoms with E-state index in [1.165, 1.54) is 18.2 Å². The summed E-state index contributed by atoms with van der Waals surface area (Å²) in [4.78, 5) is 0.0200. The monoisotopic (exact) mass is 235 g/mol. The van der Waals surface area contributed by atoms with Gasteiger partial charge in [0.25, 0.3) is 0 Å². The molecule has 1 unspecified atom stereocenters. The quantitative estimate of drug-likeness (QED) is 0.794. The maximum atomic E-state index is 11.6. The van der Waals surface area contributed by atoms with Gasteiger partial charge >= 0.3 is 0 Å². The third-order valence-electron chi connectivity index (χ3n) is 1.70. The Labute approximate surface area is 87.2 Å². The largest absolute Gasteiger partial charge is 0.394 e. The third kappa shape index (κ3) is 2.24. The summed E-state index contributed by atoms with van der Waals surface area (Å²) in [6.07, 6.45) is 0. The van der Waals surface area contributed by atoms with Crippen molar-refractivity contribution in [3.05, 3.63) is 29.3 Å². The molecule has 0 radical (unpaired) electrons. The van der Waals surface area contributed by atoms with Crippen molar-refractivity contribution >= 4 is 21.4 Å². The van der Waals surface area contributed by atoms with Crippen molar-refractivity contribution in [3.63, 3.8) is 0 Å². The van der Waals surface area contributed by atoms with Gasteiger partial charge in [0.15, 0.2) is 9.84 Å². The van der Waals surface area contributed by atoms with Crippen LogP contribution in [0.2, 0.25) is 5.02 Å². The number of aliphatic hydroxyl groups is 1. The predicted molar refractivity (Wildman–Crippen MR) is 53.7 cm³/mol. The lowest BCUT2D eigenvalue weighted by molar-refractivity contribution is 0.292.